The van der Waals surface area contributed by atoms with E-state index in [1.807, 2.05) is 24.3 Å². The molecule has 0 unspecified atom stereocenters. The van der Waals surface area contributed by atoms with Crippen LogP contribution in [-0.2, 0) is 4.79 Å². The third-order valence-electron chi connectivity index (χ3n) is 3.97. The number of amides is 1. The molecule has 1 saturated carbocycles. The van der Waals surface area contributed by atoms with Crippen LogP contribution < -0.4 is 5.32 Å². The van der Waals surface area contributed by atoms with Gasteiger partial charge in [0, 0.05) is 10.9 Å². The van der Waals surface area contributed by atoms with Crippen molar-refractivity contribution in [3.63, 3.8) is 0 Å². The SMILES string of the molecule is CCC[C@H](NC(=O)[C@@H]1C[C@@H]1c1cccc(Cl)c1)c1nn[nH]n1. The Bertz CT molecular complexity index is 645. The lowest BCUT2D eigenvalue weighted by Gasteiger charge is -2.14. The summed E-state index contributed by atoms with van der Waals surface area (Å²) in [4.78, 5) is 12.4. The van der Waals surface area contributed by atoms with Crippen LogP contribution in [0.1, 0.15) is 49.5 Å². The highest BCUT2D eigenvalue weighted by Crippen LogP contribution is 2.48. The predicted molar refractivity (Wildman–Crippen MR) is 82.3 cm³/mol. The summed E-state index contributed by atoms with van der Waals surface area (Å²) in [6.07, 6.45) is 2.58. The second-order valence-electron chi connectivity index (χ2n) is 5.62. The highest BCUT2D eigenvalue weighted by molar-refractivity contribution is 6.30. The van der Waals surface area contributed by atoms with Crippen molar-refractivity contribution in [2.75, 3.05) is 0 Å². The summed E-state index contributed by atoms with van der Waals surface area (Å²) in [5.41, 5.74) is 1.12. The van der Waals surface area contributed by atoms with Crippen molar-refractivity contribution in [3.8, 4) is 0 Å². The van der Waals surface area contributed by atoms with Crippen LogP contribution >= 0.6 is 11.6 Å². The van der Waals surface area contributed by atoms with Crippen LogP contribution in [0.5, 0.6) is 0 Å². The number of H-pyrrole nitrogens is 1. The largest absolute Gasteiger partial charge is 0.346 e. The van der Waals surface area contributed by atoms with Crippen LogP contribution in [0.2, 0.25) is 5.02 Å². The standard InChI is InChI=1S/C15H18ClN5O/c1-2-4-13(14-18-20-21-19-14)17-15(22)12-8-11(12)9-5-3-6-10(16)7-9/h3,5-7,11-13H,2,4,8H2,1H3,(H,17,22)(H,18,19,20,21)/t11-,12-,13+/m1/s1. The van der Waals surface area contributed by atoms with Gasteiger partial charge in [-0.05, 0) is 36.5 Å². The van der Waals surface area contributed by atoms with E-state index in [0.717, 1.165) is 24.8 Å². The number of nitrogens with one attached hydrogen (secondary N) is 2. The number of benzene rings is 1. The van der Waals surface area contributed by atoms with E-state index in [-0.39, 0.29) is 23.8 Å². The molecule has 1 aliphatic carbocycles. The monoisotopic (exact) mass is 319 g/mol. The number of hydrogen-bond donors (Lipinski definition) is 2. The topological polar surface area (TPSA) is 83.6 Å². The van der Waals surface area contributed by atoms with Crippen molar-refractivity contribution >= 4 is 17.5 Å². The van der Waals surface area contributed by atoms with Gasteiger partial charge in [-0.3, -0.25) is 4.79 Å². The molecule has 3 rings (SSSR count). The van der Waals surface area contributed by atoms with Crippen molar-refractivity contribution in [1.82, 2.24) is 25.9 Å². The zero-order valence-electron chi connectivity index (χ0n) is 12.3. The molecule has 0 radical (unpaired) electrons. The molecule has 116 valence electrons. The molecule has 1 amide bonds. The number of aromatic nitrogens is 4. The fraction of sp³-hybridized carbons (Fsp3) is 0.467. The molecule has 7 heteroatoms. The first-order valence-corrected chi connectivity index (χ1v) is 7.86. The number of rotatable bonds is 6. The number of halogens is 1. The summed E-state index contributed by atoms with van der Waals surface area (Å²) >= 11 is 6.01. The molecule has 0 aliphatic heterocycles. The minimum Gasteiger partial charge on any atom is -0.346 e. The van der Waals surface area contributed by atoms with Gasteiger partial charge in [-0.2, -0.15) is 5.21 Å². The third-order valence-corrected chi connectivity index (χ3v) is 4.21. The third kappa shape index (κ3) is 3.27. The van der Waals surface area contributed by atoms with Gasteiger partial charge in [-0.1, -0.05) is 42.3 Å². The highest BCUT2D eigenvalue weighted by atomic mass is 35.5. The van der Waals surface area contributed by atoms with E-state index in [2.05, 4.69) is 32.9 Å². The van der Waals surface area contributed by atoms with Gasteiger partial charge in [-0.15, -0.1) is 10.2 Å². The van der Waals surface area contributed by atoms with Crippen LogP contribution in [0.25, 0.3) is 0 Å². The second kappa shape index (κ2) is 6.44. The maximum absolute atomic E-state index is 12.4. The van der Waals surface area contributed by atoms with Gasteiger partial charge in [0.2, 0.25) is 5.91 Å². The number of carbonyl (C=O) groups is 1. The van der Waals surface area contributed by atoms with Crippen molar-refractivity contribution < 1.29 is 4.79 Å². The Labute approximate surface area is 133 Å². The smallest absolute Gasteiger partial charge is 0.224 e. The molecule has 1 aromatic heterocycles. The Balaban J connectivity index is 1.63. The van der Waals surface area contributed by atoms with E-state index in [1.54, 1.807) is 0 Å². The molecule has 6 nitrogen and oxygen atoms in total. The summed E-state index contributed by atoms with van der Waals surface area (Å²) in [5.74, 6) is 0.847. The first-order valence-electron chi connectivity index (χ1n) is 7.48. The molecule has 0 bridgehead atoms. The van der Waals surface area contributed by atoms with Gasteiger partial charge in [-0.25, -0.2) is 0 Å². The summed E-state index contributed by atoms with van der Waals surface area (Å²) < 4.78 is 0. The molecule has 3 atom stereocenters. The van der Waals surface area contributed by atoms with Crippen molar-refractivity contribution in [2.45, 2.75) is 38.1 Å². The van der Waals surface area contributed by atoms with Gasteiger partial charge >= 0.3 is 0 Å². The fourth-order valence-electron chi connectivity index (χ4n) is 2.74. The lowest BCUT2D eigenvalue weighted by Crippen LogP contribution is -2.30. The van der Waals surface area contributed by atoms with Crippen LogP contribution in [0.3, 0.4) is 0 Å². The first kappa shape index (κ1) is 15.0. The summed E-state index contributed by atoms with van der Waals surface area (Å²) in [6.45, 7) is 2.06. The van der Waals surface area contributed by atoms with E-state index < -0.39 is 0 Å². The zero-order valence-corrected chi connectivity index (χ0v) is 13.0. The molecule has 0 saturated heterocycles. The quantitative estimate of drug-likeness (QED) is 0.857. The number of nitrogens with zero attached hydrogens (tertiary/aromatic N) is 3. The summed E-state index contributed by atoms with van der Waals surface area (Å²) in [6, 6.07) is 7.53. The minimum atomic E-state index is -0.183. The number of tetrazole rings is 1. The maximum Gasteiger partial charge on any atom is 0.224 e. The van der Waals surface area contributed by atoms with E-state index in [9.17, 15) is 4.79 Å². The zero-order chi connectivity index (χ0) is 15.5. The molecule has 1 aromatic carbocycles. The average molecular weight is 320 g/mol. The maximum atomic E-state index is 12.4. The fourth-order valence-corrected chi connectivity index (χ4v) is 2.94. The van der Waals surface area contributed by atoms with E-state index >= 15 is 0 Å². The Hall–Kier alpha value is -1.95. The lowest BCUT2D eigenvalue weighted by atomic mass is 10.1. The van der Waals surface area contributed by atoms with E-state index in [1.165, 1.54) is 0 Å². The van der Waals surface area contributed by atoms with Crippen molar-refractivity contribution in [1.29, 1.82) is 0 Å². The van der Waals surface area contributed by atoms with Gasteiger partial charge in [0.1, 0.15) is 0 Å². The highest BCUT2D eigenvalue weighted by Gasteiger charge is 2.44. The molecule has 1 heterocycles. The summed E-state index contributed by atoms with van der Waals surface area (Å²) in [7, 11) is 0. The average Bonchev–Trinajstić information content (AvgIpc) is 3.13. The predicted octanol–water partition coefficient (Wildman–Crippen LogP) is 2.61. The van der Waals surface area contributed by atoms with Crippen LogP contribution in [0.4, 0.5) is 0 Å². The molecule has 2 aromatic rings. The molecule has 0 spiro atoms. The van der Waals surface area contributed by atoms with E-state index in [0.29, 0.717) is 10.8 Å². The number of hydrogen-bond acceptors (Lipinski definition) is 4. The summed E-state index contributed by atoms with van der Waals surface area (Å²) in [5, 5.41) is 17.7. The van der Waals surface area contributed by atoms with Crippen LogP contribution in [-0.4, -0.2) is 26.5 Å². The number of carbonyl (C=O) groups excluding carboxylic acids is 1. The normalized spacial score (nSPS) is 21.4. The van der Waals surface area contributed by atoms with Crippen LogP contribution in [0.15, 0.2) is 24.3 Å². The number of aromatic amines is 1. The lowest BCUT2D eigenvalue weighted by molar-refractivity contribution is -0.123. The Morgan fingerprint density at radius 3 is 3.09 bits per heavy atom. The molecule has 2 N–H and O–H groups in total. The van der Waals surface area contributed by atoms with Crippen molar-refractivity contribution in [2.24, 2.45) is 5.92 Å². The second-order valence-corrected chi connectivity index (χ2v) is 6.06. The van der Waals surface area contributed by atoms with Gasteiger partial charge in [0.15, 0.2) is 5.82 Å². The molecule has 22 heavy (non-hydrogen) atoms. The Morgan fingerprint density at radius 1 is 1.55 bits per heavy atom. The molecule has 1 fully saturated rings. The Morgan fingerprint density at radius 2 is 2.41 bits per heavy atom. The van der Waals surface area contributed by atoms with Gasteiger partial charge in [0.05, 0.1) is 6.04 Å². The minimum absolute atomic E-state index is 0.00437. The molecular formula is C15H18ClN5O. The van der Waals surface area contributed by atoms with Gasteiger partial charge < -0.3 is 5.32 Å². The van der Waals surface area contributed by atoms with Crippen LogP contribution in [0, 0.1) is 5.92 Å². The Kier molecular flexibility index (Phi) is 4.38. The van der Waals surface area contributed by atoms with Gasteiger partial charge in [0.25, 0.3) is 0 Å². The van der Waals surface area contributed by atoms with E-state index in [4.69, 9.17) is 11.6 Å². The molecule has 1 aliphatic rings. The first-order chi connectivity index (χ1) is 10.7. The molecular weight excluding hydrogens is 302 g/mol. The van der Waals surface area contributed by atoms with Crippen molar-refractivity contribution in [3.05, 3.63) is 40.7 Å².